The molecule has 0 radical (unpaired) electrons. The first-order chi connectivity index (χ1) is 7.34. The summed E-state index contributed by atoms with van der Waals surface area (Å²) >= 11 is 6.08. The van der Waals surface area contributed by atoms with E-state index < -0.39 is 10.2 Å². The van der Waals surface area contributed by atoms with E-state index in [-0.39, 0.29) is 16.8 Å². The number of rotatable bonds is 3. The maximum absolute atomic E-state index is 12.0. The number of alkyl halides is 1. The van der Waals surface area contributed by atoms with Gasteiger partial charge >= 0.3 is 0 Å². The molecule has 0 spiro atoms. The van der Waals surface area contributed by atoms with Gasteiger partial charge in [-0.1, -0.05) is 13.8 Å². The van der Waals surface area contributed by atoms with Crippen LogP contribution in [0.1, 0.15) is 33.1 Å². The summed E-state index contributed by atoms with van der Waals surface area (Å²) in [6.07, 6.45) is 2.65. The lowest BCUT2D eigenvalue weighted by Crippen LogP contribution is -2.60. The summed E-state index contributed by atoms with van der Waals surface area (Å²) in [6, 6.07) is -0.0272. The van der Waals surface area contributed by atoms with Gasteiger partial charge in [0.2, 0.25) is 0 Å². The van der Waals surface area contributed by atoms with E-state index in [2.05, 4.69) is 4.72 Å². The van der Waals surface area contributed by atoms with E-state index in [0.29, 0.717) is 13.1 Å². The van der Waals surface area contributed by atoms with E-state index in [1.54, 1.807) is 0 Å². The third-order valence-corrected chi connectivity index (χ3v) is 6.21. The zero-order chi connectivity index (χ0) is 12.0. The highest BCUT2D eigenvalue weighted by Gasteiger charge is 2.49. The Morgan fingerprint density at radius 1 is 1.31 bits per heavy atom. The number of nitrogens with zero attached hydrogens (tertiary/aromatic N) is 1. The van der Waals surface area contributed by atoms with E-state index in [1.807, 2.05) is 13.8 Å². The van der Waals surface area contributed by atoms with E-state index in [4.69, 9.17) is 11.6 Å². The SMILES string of the molecule is CC1(C)C(Cl)CC1NS(=O)(=O)N1CCCC1. The molecule has 1 saturated carbocycles. The molecule has 2 aliphatic rings. The van der Waals surface area contributed by atoms with E-state index in [0.717, 1.165) is 19.3 Å². The normalized spacial score (nSPS) is 34.9. The Hall–Kier alpha value is 0.160. The molecule has 6 heteroatoms. The third-order valence-electron chi connectivity index (χ3n) is 3.84. The van der Waals surface area contributed by atoms with Crippen molar-refractivity contribution in [2.45, 2.75) is 44.5 Å². The predicted octanol–water partition coefficient (Wildman–Crippen LogP) is 1.32. The number of hydrogen-bond donors (Lipinski definition) is 1. The van der Waals surface area contributed by atoms with Gasteiger partial charge in [0.1, 0.15) is 0 Å². The summed E-state index contributed by atoms with van der Waals surface area (Å²) in [7, 11) is -3.29. The van der Waals surface area contributed by atoms with Gasteiger partial charge in [-0.3, -0.25) is 0 Å². The number of nitrogens with one attached hydrogen (secondary N) is 1. The lowest BCUT2D eigenvalue weighted by Gasteiger charge is -2.49. The fourth-order valence-electron chi connectivity index (χ4n) is 2.26. The summed E-state index contributed by atoms with van der Waals surface area (Å²) in [5.41, 5.74) is -0.144. The molecular weight excluding hydrogens is 248 g/mol. The Kier molecular flexibility index (Phi) is 3.25. The summed E-state index contributed by atoms with van der Waals surface area (Å²) in [5.74, 6) is 0. The van der Waals surface area contributed by atoms with Crippen molar-refractivity contribution in [3.63, 3.8) is 0 Å². The zero-order valence-electron chi connectivity index (χ0n) is 9.74. The fraction of sp³-hybridized carbons (Fsp3) is 1.00. The molecule has 16 heavy (non-hydrogen) atoms. The topological polar surface area (TPSA) is 49.4 Å². The highest BCUT2D eigenvalue weighted by molar-refractivity contribution is 7.87. The fourth-order valence-corrected chi connectivity index (χ4v) is 4.23. The summed E-state index contributed by atoms with van der Waals surface area (Å²) in [5, 5.41) is 0.0683. The Balaban J connectivity index is 2.00. The summed E-state index contributed by atoms with van der Waals surface area (Å²) < 4.78 is 28.3. The van der Waals surface area contributed by atoms with Crippen molar-refractivity contribution in [2.24, 2.45) is 5.41 Å². The van der Waals surface area contributed by atoms with Crippen LogP contribution >= 0.6 is 11.6 Å². The minimum atomic E-state index is -3.29. The van der Waals surface area contributed by atoms with Crippen molar-refractivity contribution < 1.29 is 8.42 Å². The standard InChI is InChI=1S/C10H19ClN2O2S/c1-10(2)8(11)7-9(10)12-16(14,15)13-5-3-4-6-13/h8-9,12H,3-7H2,1-2H3. The van der Waals surface area contributed by atoms with Crippen LogP contribution in [-0.4, -0.2) is 37.2 Å². The van der Waals surface area contributed by atoms with Gasteiger partial charge in [0.25, 0.3) is 10.2 Å². The molecule has 1 saturated heterocycles. The van der Waals surface area contributed by atoms with Gasteiger partial charge in [0.15, 0.2) is 0 Å². The van der Waals surface area contributed by atoms with Gasteiger partial charge in [0, 0.05) is 24.5 Å². The molecule has 0 aromatic rings. The second-order valence-electron chi connectivity index (χ2n) is 5.31. The first kappa shape index (κ1) is 12.6. The Labute approximate surface area is 103 Å². The molecule has 0 bridgehead atoms. The molecule has 0 amide bonds. The minimum Gasteiger partial charge on any atom is -0.198 e. The van der Waals surface area contributed by atoms with Crippen LogP contribution < -0.4 is 4.72 Å². The second-order valence-corrected chi connectivity index (χ2v) is 7.54. The van der Waals surface area contributed by atoms with Gasteiger partial charge in [-0.15, -0.1) is 11.6 Å². The highest BCUT2D eigenvalue weighted by atomic mass is 35.5. The molecule has 0 aromatic carbocycles. The molecule has 1 aliphatic heterocycles. The smallest absolute Gasteiger partial charge is 0.198 e. The van der Waals surface area contributed by atoms with Crippen LogP contribution in [0.2, 0.25) is 0 Å². The lowest BCUT2D eigenvalue weighted by atomic mass is 9.67. The van der Waals surface area contributed by atoms with Gasteiger partial charge in [-0.05, 0) is 24.7 Å². The third kappa shape index (κ3) is 2.10. The van der Waals surface area contributed by atoms with Crippen LogP contribution in [0.15, 0.2) is 0 Å². The van der Waals surface area contributed by atoms with Crippen molar-refractivity contribution in [2.75, 3.05) is 13.1 Å². The van der Waals surface area contributed by atoms with Crippen molar-refractivity contribution >= 4 is 21.8 Å². The first-order valence-electron chi connectivity index (χ1n) is 5.75. The van der Waals surface area contributed by atoms with E-state index in [1.165, 1.54) is 4.31 Å². The largest absolute Gasteiger partial charge is 0.279 e. The lowest BCUT2D eigenvalue weighted by molar-refractivity contribution is 0.135. The molecule has 1 N–H and O–H groups in total. The quantitative estimate of drug-likeness (QED) is 0.784. The molecule has 2 atom stereocenters. The average Bonchev–Trinajstić information content (AvgIpc) is 2.70. The first-order valence-corrected chi connectivity index (χ1v) is 7.63. The van der Waals surface area contributed by atoms with Gasteiger partial charge in [-0.2, -0.15) is 17.4 Å². The highest BCUT2D eigenvalue weighted by Crippen LogP contribution is 2.44. The van der Waals surface area contributed by atoms with E-state index >= 15 is 0 Å². The summed E-state index contributed by atoms with van der Waals surface area (Å²) in [4.78, 5) is 0. The molecule has 1 aliphatic carbocycles. The molecule has 2 unspecified atom stereocenters. The Morgan fingerprint density at radius 2 is 1.88 bits per heavy atom. The zero-order valence-corrected chi connectivity index (χ0v) is 11.3. The van der Waals surface area contributed by atoms with Crippen molar-refractivity contribution in [3.8, 4) is 0 Å². The van der Waals surface area contributed by atoms with Crippen molar-refractivity contribution in [1.29, 1.82) is 0 Å². The van der Waals surface area contributed by atoms with Crippen LogP contribution in [0.3, 0.4) is 0 Å². The maximum atomic E-state index is 12.0. The average molecular weight is 267 g/mol. The van der Waals surface area contributed by atoms with Crippen LogP contribution in [0, 0.1) is 5.41 Å². The maximum Gasteiger partial charge on any atom is 0.279 e. The molecule has 94 valence electrons. The predicted molar refractivity (Wildman–Crippen MR) is 64.7 cm³/mol. The molecule has 2 rings (SSSR count). The molecule has 4 nitrogen and oxygen atoms in total. The number of halogens is 1. The molecule has 2 fully saturated rings. The van der Waals surface area contributed by atoms with Crippen LogP contribution in [-0.2, 0) is 10.2 Å². The molecule has 1 heterocycles. The van der Waals surface area contributed by atoms with Gasteiger partial charge in [-0.25, -0.2) is 0 Å². The van der Waals surface area contributed by atoms with Crippen molar-refractivity contribution in [1.82, 2.24) is 9.03 Å². The van der Waals surface area contributed by atoms with Crippen LogP contribution in [0.5, 0.6) is 0 Å². The van der Waals surface area contributed by atoms with E-state index in [9.17, 15) is 8.42 Å². The summed E-state index contributed by atoms with van der Waals surface area (Å²) in [6.45, 7) is 5.30. The Morgan fingerprint density at radius 3 is 2.31 bits per heavy atom. The number of hydrogen-bond acceptors (Lipinski definition) is 2. The minimum absolute atomic E-state index is 0.0272. The van der Waals surface area contributed by atoms with Gasteiger partial charge < -0.3 is 0 Å². The molecular formula is C10H19ClN2O2S. The second kappa shape index (κ2) is 4.12. The Bertz CT molecular complexity index is 363. The molecule has 0 aromatic heterocycles. The monoisotopic (exact) mass is 266 g/mol. The van der Waals surface area contributed by atoms with Crippen LogP contribution in [0.4, 0.5) is 0 Å². The van der Waals surface area contributed by atoms with Crippen molar-refractivity contribution in [3.05, 3.63) is 0 Å². The van der Waals surface area contributed by atoms with Gasteiger partial charge in [0.05, 0.1) is 0 Å². The van der Waals surface area contributed by atoms with Crippen LogP contribution in [0.25, 0.3) is 0 Å².